The van der Waals surface area contributed by atoms with Gasteiger partial charge in [0.05, 0.1) is 12.3 Å². The minimum Gasteiger partial charge on any atom is -0.463 e. The van der Waals surface area contributed by atoms with Crippen molar-refractivity contribution in [1.29, 1.82) is 0 Å². The second-order valence-corrected chi connectivity index (χ2v) is 5.76. The van der Waals surface area contributed by atoms with Gasteiger partial charge in [0.15, 0.2) is 11.5 Å². The fraction of sp³-hybridized carbons (Fsp3) is 0.222. The van der Waals surface area contributed by atoms with E-state index in [1.807, 2.05) is 6.92 Å². The number of H-pyrrole nitrogens is 1. The predicted molar refractivity (Wildman–Crippen MR) is 85.9 cm³/mol. The molecule has 3 heterocycles. The maximum absolute atomic E-state index is 14.5. The van der Waals surface area contributed by atoms with Crippen molar-refractivity contribution < 1.29 is 13.6 Å². The van der Waals surface area contributed by atoms with Gasteiger partial charge in [-0.2, -0.15) is 5.10 Å². The van der Waals surface area contributed by atoms with Gasteiger partial charge in [-0.1, -0.05) is 25.1 Å². The second kappa shape index (κ2) is 5.63. The van der Waals surface area contributed by atoms with Crippen molar-refractivity contribution in [2.24, 2.45) is 0 Å². The van der Waals surface area contributed by atoms with E-state index in [0.717, 1.165) is 6.42 Å². The number of halogens is 1. The molecule has 1 atom stereocenters. The lowest BCUT2D eigenvalue weighted by Crippen LogP contribution is -2.30. The van der Waals surface area contributed by atoms with Gasteiger partial charge in [0, 0.05) is 17.7 Å². The molecule has 0 saturated heterocycles. The first-order valence-corrected chi connectivity index (χ1v) is 7.90. The number of aromatic nitrogens is 2. The standard InChI is InChI=1S/C18H16FN3O2/c1-2-9-22-17(11-6-3-4-7-12(11)19)14-15(13-8-5-10-24-13)20-21-16(14)18(22)23/h3-8,10,17H,2,9H2,1H3,(H,20,21)/t17-/m1/s1. The smallest absolute Gasteiger partial charge is 0.275 e. The SMILES string of the molecule is CCCN1C(=O)c2n[nH]c(-c3ccco3)c2[C@H]1c1ccccc1F. The molecule has 1 aliphatic rings. The molecule has 6 heteroatoms. The van der Waals surface area contributed by atoms with Crippen LogP contribution in [0.4, 0.5) is 4.39 Å². The molecule has 2 aromatic heterocycles. The lowest BCUT2D eigenvalue weighted by atomic mass is 9.97. The third-order valence-corrected chi connectivity index (χ3v) is 4.28. The summed E-state index contributed by atoms with van der Waals surface area (Å²) in [7, 11) is 0. The summed E-state index contributed by atoms with van der Waals surface area (Å²) in [5.41, 5.74) is 2.10. The lowest BCUT2D eigenvalue weighted by Gasteiger charge is -2.26. The average molecular weight is 325 g/mol. The number of aromatic amines is 1. The van der Waals surface area contributed by atoms with Crippen LogP contribution < -0.4 is 0 Å². The predicted octanol–water partition coefficient (Wildman–Crippen LogP) is 3.76. The summed E-state index contributed by atoms with van der Waals surface area (Å²) in [5, 5.41) is 7.05. The highest BCUT2D eigenvalue weighted by Crippen LogP contribution is 2.43. The molecule has 0 fully saturated rings. The Bertz CT molecular complexity index is 886. The quantitative estimate of drug-likeness (QED) is 0.794. The normalized spacial score (nSPS) is 16.7. The van der Waals surface area contributed by atoms with Crippen molar-refractivity contribution in [3.63, 3.8) is 0 Å². The first-order chi connectivity index (χ1) is 11.7. The summed E-state index contributed by atoms with van der Waals surface area (Å²) in [4.78, 5) is 14.4. The maximum Gasteiger partial charge on any atom is 0.275 e. The highest BCUT2D eigenvalue weighted by atomic mass is 19.1. The molecular weight excluding hydrogens is 309 g/mol. The molecule has 0 bridgehead atoms. The van der Waals surface area contributed by atoms with Crippen LogP contribution in [-0.2, 0) is 0 Å². The fourth-order valence-corrected chi connectivity index (χ4v) is 3.29. The van der Waals surface area contributed by atoms with E-state index < -0.39 is 6.04 Å². The second-order valence-electron chi connectivity index (χ2n) is 5.76. The van der Waals surface area contributed by atoms with Gasteiger partial charge >= 0.3 is 0 Å². The number of amides is 1. The number of nitrogens with one attached hydrogen (secondary N) is 1. The number of hydrogen-bond acceptors (Lipinski definition) is 3. The Morgan fingerprint density at radius 2 is 2.12 bits per heavy atom. The summed E-state index contributed by atoms with van der Waals surface area (Å²) >= 11 is 0. The Morgan fingerprint density at radius 1 is 1.29 bits per heavy atom. The van der Waals surface area contributed by atoms with Crippen molar-refractivity contribution in [3.05, 3.63) is 65.3 Å². The van der Waals surface area contributed by atoms with Gasteiger partial charge < -0.3 is 9.32 Å². The molecule has 0 saturated carbocycles. The van der Waals surface area contributed by atoms with Crippen LogP contribution in [0.25, 0.3) is 11.5 Å². The molecule has 4 rings (SSSR count). The van der Waals surface area contributed by atoms with E-state index in [9.17, 15) is 9.18 Å². The summed E-state index contributed by atoms with van der Waals surface area (Å²) < 4.78 is 19.9. The highest BCUT2D eigenvalue weighted by molar-refractivity contribution is 5.99. The van der Waals surface area contributed by atoms with Crippen LogP contribution in [-0.4, -0.2) is 27.5 Å². The number of carbonyl (C=O) groups is 1. The molecule has 3 aromatic rings. The zero-order chi connectivity index (χ0) is 16.7. The van der Waals surface area contributed by atoms with Crippen molar-refractivity contribution in [2.75, 3.05) is 6.54 Å². The molecule has 5 nitrogen and oxygen atoms in total. The first kappa shape index (κ1) is 14.7. The van der Waals surface area contributed by atoms with Gasteiger partial charge in [-0.15, -0.1) is 0 Å². The number of nitrogens with zero attached hydrogens (tertiary/aromatic N) is 2. The Kier molecular flexibility index (Phi) is 3.45. The third kappa shape index (κ3) is 2.06. The molecule has 24 heavy (non-hydrogen) atoms. The lowest BCUT2D eigenvalue weighted by molar-refractivity contribution is 0.0742. The van der Waals surface area contributed by atoms with Gasteiger partial charge in [0.25, 0.3) is 5.91 Å². The molecule has 1 aliphatic heterocycles. The van der Waals surface area contributed by atoms with E-state index in [0.29, 0.717) is 34.8 Å². The molecule has 1 N–H and O–H groups in total. The minimum atomic E-state index is -0.507. The zero-order valence-electron chi connectivity index (χ0n) is 13.1. The molecule has 1 amide bonds. The van der Waals surface area contributed by atoms with Crippen molar-refractivity contribution in [3.8, 4) is 11.5 Å². The summed E-state index contributed by atoms with van der Waals surface area (Å²) in [5.74, 6) is 0.0567. The monoisotopic (exact) mass is 325 g/mol. The van der Waals surface area contributed by atoms with Gasteiger partial charge in [-0.3, -0.25) is 9.89 Å². The largest absolute Gasteiger partial charge is 0.463 e. The number of hydrogen-bond donors (Lipinski definition) is 1. The number of carbonyl (C=O) groups excluding carboxylic acids is 1. The van der Waals surface area contributed by atoms with E-state index in [2.05, 4.69) is 10.2 Å². The third-order valence-electron chi connectivity index (χ3n) is 4.28. The fourth-order valence-electron chi connectivity index (χ4n) is 3.29. The van der Waals surface area contributed by atoms with Crippen LogP contribution in [0.2, 0.25) is 0 Å². The molecule has 0 aliphatic carbocycles. The highest BCUT2D eigenvalue weighted by Gasteiger charge is 2.43. The van der Waals surface area contributed by atoms with E-state index in [1.54, 1.807) is 41.5 Å². The summed E-state index contributed by atoms with van der Waals surface area (Å²) in [6, 6.07) is 9.59. The Hall–Kier alpha value is -2.89. The van der Waals surface area contributed by atoms with Gasteiger partial charge in [-0.25, -0.2) is 4.39 Å². The van der Waals surface area contributed by atoms with Crippen molar-refractivity contribution >= 4 is 5.91 Å². The maximum atomic E-state index is 14.5. The Labute approximate surface area is 138 Å². The van der Waals surface area contributed by atoms with Crippen molar-refractivity contribution in [2.45, 2.75) is 19.4 Å². The average Bonchev–Trinajstić information content (AvgIpc) is 3.28. The summed E-state index contributed by atoms with van der Waals surface area (Å²) in [6.45, 7) is 2.52. The molecule has 0 radical (unpaired) electrons. The van der Waals surface area contributed by atoms with Gasteiger partial charge in [-0.05, 0) is 24.6 Å². The summed E-state index contributed by atoms with van der Waals surface area (Å²) in [6.07, 6.45) is 2.34. The Morgan fingerprint density at radius 3 is 2.83 bits per heavy atom. The number of benzene rings is 1. The minimum absolute atomic E-state index is 0.186. The van der Waals surface area contributed by atoms with Crippen LogP contribution in [0.15, 0.2) is 47.1 Å². The van der Waals surface area contributed by atoms with E-state index >= 15 is 0 Å². The van der Waals surface area contributed by atoms with Gasteiger partial charge in [0.1, 0.15) is 11.5 Å². The van der Waals surface area contributed by atoms with Gasteiger partial charge in [0.2, 0.25) is 0 Å². The molecule has 0 spiro atoms. The van der Waals surface area contributed by atoms with Crippen LogP contribution in [0.1, 0.15) is 41.0 Å². The van der Waals surface area contributed by atoms with Crippen LogP contribution in [0.5, 0.6) is 0 Å². The van der Waals surface area contributed by atoms with E-state index in [4.69, 9.17) is 4.42 Å². The Balaban J connectivity index is 1.93. The van der Waals surface area contributed by atoms with Crippen molar-refractivity contribution in [1.82, 2.24) is 15.1 Å². The molecule has 122 valence electrons. The van der Waals surface area contributed by atoms with E-state index in [-0.39, 0.29) is 11.7 Å². The topological polar surface area (TPSA) is 62.1 Å². The van der Waals surface area contributed by atoms with Crippen LogP contribution in [0.3, 0.4) is 0 Å². The number of rotatable bonds is 4. The first-order valence-electron chi connectivity index (χ1n) is 7.90. The zero-order valence-corrected chi connectivity index (χ0v) is 13.1. The van der Waals surface area contributed by atoms with Crippen LogP contribution >= 0.6 is 0 Å². The number of fused-ring (bicyclic) bond motifs is 1. The number of furan rings is 1. The van der Waals surface area contributed by atoms with Crippen LogP contribution in [0, 0.1) is 5.82 Å². The van der Waals surface area contributed by atoms with E-state index in [1.165, 1.54) is 6.07 Å². The molecular formula is C18H16FN3O2. The molecule has 0 unspecified atom stereocenters. The molecule has 1 aromatic carbocycles.